The van der Waals surface area contributed by atoms with E-state index in [1.807, 2.05) is 46.4 Å². The van der Waals surface area contributed by atoms with Crippen LogP contribution >= 0.6 is 0 Å². The second kappa shape index (κ2) is 4.49. The standard InChI is InChI=1S/C18H27NO2/c1-10-11(2)15(20)12(3)13-14(10)19(9-18(13,7)8)16(21)17(4,5)6/h20H,9H2,1-8H3. The molecule has 0 atom stereocenters. The Kier molecular flexibility index (Phi) is 3.39. The molecule has 1 N–H and O–H groups in total. The van der Waals surface area contributed by atoms with Crippen molar-refractivity contribution in [3.05, 3.63) is 22.3 Å². The lowest BCUT2D eigenvalue weighted by molar-refractivity contribution is -0.125. The third-order valence-corrected chi connectivity index (χ3v) is 4.63. The summed E-state index contributed by atoms with van der Waals surface area (Å²) in [6.07, 6.45) is 0. The van der Waals surface area contributed by atoms with E-state index < -0.39 is 5.41 Å². The van der Waals surface area contributed by atoms with E-state index in [9.17, 15) is 9.90 Å². The normalized spacial score (nSPS) is 17.0. The minimum Gasteiger partial charge on any atom is -0.507 e. The number of rotatable bonds is 0. The Morgan fingerprint density at radius 2 is 1.62 bits per heavy atom. The van der Waals surface area contributed by atoms with Gasteiger partial charge in [0.25, 0.3) is 0 Å². The summed E-state index contributed by atoms with van der Waals surface area (Å²) >= 11 is 0. The van der Waals surface area contributed by atoms with Gasteiger partial charge in [0.15, 0.2) is 0 Å². The van der Waals surface area contributed by atoms with Crippen molar-refractivity contribution in [2.24, 2.45) is 5.41 Å². The van der Waals surface area contributed by atoms with Gasteiger partial charge in [-0.15, -0.1) is 0 Å². The number of anilines is 1. The number of amides is 1. The van der Waals surface area contributed by atoms with Crippen LogP contribution in [0.15, 0.2) is 0 Å². The van der Waals surface area contributed by atoms with Gasteiger partial charge in [0.2, 0.25) is 5.91 Å². The number of hydrogen-bond acceptors (Lipinski definition) is 2. The van der Waals surface area contributed by atoms with E-state index in [0.717, 1.165) is 27.9 Å². The van der Waals surface area contributed by atoms with Gasteiger partial charge in [-0.3, -0.25) is 4.79 Å². The molecular weight excluding hydrogens is 262 g/mol. The molecule has 1 aromatic carbocycles. The predicted octanol–water partition coefficient (Wildman–Crippen LogP) is 3.99. The van der Waals surface area contributed by atoms with Gasteiger partial charge in [-0.1, -0.05) is 34.6 Å². The first-order valence-corrected chi connectivity index (χ1v) is 7.54. The summed E-state index contributed by atoms with van der Waals surface area (Å²) in [6, 6.07) is 0. The van der Waals surface area contributed by atoms with Gasteiger partial charge in [0, 0.05) is 17.4 Å². The molecular formula is C18H27NO2. The Labute approximate surface area is 128 Å². The van der Waals surface area contributed by atoms with Crippen LogP contribution in [-0.2, 0) is 10.2 Å². The van der Waals surface area contributed by atoms with Crippen molar-refractivity contribution in [2.45, 2.75) is 60.8 Å². The van der Waals surface area contributed by atoms with Crippen molar-refractivity contribution < 1.29 is 9.90 Å². The summed E-state index contributed by atoms with van der Waals surface area (Å²) in [5.74, 6) is 0.506. The molecule has 1 aromatic rings. The second-order valence-electron chi connectivity index (χ2n) is 7.97. The smallest absolute Gasteiger partial charge is 0.232 e. The van der Waals surface area contributed by atoms with Gasteiger partial charge in [-0.2, -0.15) is 0 Å². The molecule has 1 aliphatic heterocycles. The molecule has 0 radical (unpaired) electrons. The first-order chi connectivity index (χ1) is 9.39. The summed E-state index contributed by atoms with van der Waals surface area (Å²) in [6.45, 7) is 16.7. The highest BCUT2D eigenvalue weighted by atomic mass is 16.3. The number of fused-ring (bicyclic) bond motifs is 1. The van der Waals surface area contributed by atoms with Crippen LogP contribution in [0, 0.1) is 26.2 Å². The van der Waals surface area contributed by atoms with E-state index in [-0.39, 0.29) is 11.3 Å². The maximum atomic E-state index is 12.8. The summed E-state index contributed by atoms with van der Waals surface area (Å²) < 4.78 is 0. The SMILES string of the molecule is Cc1c(C)c2c(c(C)c1O)C(C)(C)CN2C(=O)C(C)(C)C. The monoisotopic (exact) mass is 289 g/mol. The van der Waals surface area contributed by atoms with Gasteiger partial charge in [0.1, 0.15) is 5.75 Å². The van der Waals surface area contributed by atoms with Gasteiger partial charge < -0.3 is 10.0 Å². The summed E-state index contributed by atoms with van der Waals surface area (Å²) in [7, 11) is 0. The summed E-state index contributed by atoms with van der Waals surface area (Å²) in [5.41, 5.74) is 4.35. The van der Waals surface area contributed by atoms with Crippen LogP contribution < -0.4 is 4.90 Å². The summed E-state index contributed by atoms with van der Waals surface area (Å²) in [5, 5.41) is 10.4. The third-order valence-electron chi connectivity index (χ3n) is 4.63. The lowest BCUT2D eigenvalue weighted by Gasteiger charge is -2.28. The van der Waals surface area contributed by atoms with E-state index in [4.69, 9.17) is 0 Å². The zero-order chi connectivity index (χ0) is 16.3. The fourth-order valence-electron chi connectivity index (χ4n) is 3.42. The van der Waals surface area contributed by atoms with Crippen LogP contribution in [0.5, 0.6) is 5.75 Å². The molecule has 0 fully saturated rings. The minimum absolute atomic E-state index is 0.141. The molecule has 1 aliphatic rings. The lowest BCUT2D eigenvalue weighted by atomic mass is 9.82. The number of aromatic hydroxyl groups is 1. The molecule has 0 aromatic heterocycles. The Hall–Kier alpha value is -1.51. The van der Waals surface area contributed by atoms with E-state index in [1.54, 1.807) is 0 Å². The lowest BCUT2D eigenvalue weighted by Crippen LogP contribution is -2.41. The van der Waals surface area contributed by atoms with Crippen LogP contribution in [0.3, 0.4) is 0 Å². The van der Waals surface area contributed by atoms with Crippen LogP contribution in [0.4, 0.5) is 5.69 Å². The van der Waals surface area contributed by atoms with E-state index in [2.05, 4.69) is 13.8 Å². The highest BCUT2D eigenvalue weighted by Gasteiger charge is 2.43. The number of hydrogen-bond donors (Lipinski definition) is 1. The molecule has 0 saturated heterocycles. The van der Waals surface area contributed by atoms with Crippen LogP contribution in [0.1, 0.15) is 56.9 Å². The molecule has 21 heavy (non-hydrogen) atoms. The Bertz CT molecular complexity index is 621. The van der Waals surface area contributed by atoms with Gasteiger partial charge >= 0.3 is 0 Å². The number of phenolic OH excluding ortho intramolecular Hbond substituents is 1. The summed E-state index contributed by atoms with van der Waals surface area (Å²) in [4.78, 5) is 14.8. The average molecular weight is 289 g/mol. The molecule has 116 valence electrons. The van der Waals surface area contributed by atoms with Crippen molar-refractivity contribution >= 4 is 11.6 Å². The van der Waals surface area contributed by atoms with Gasteiger partial charge in [-0.25, -0.2) is 0 Å². The Balaban J connectivity index is 2.76. The molecule has 0 bridgehead atoms. The highest BCUT2D eigenvalue weighted by Crippen LogP contribution is 2.49. The zero-order valence-electron chi connectivity index (χ0n) is 14.5. The van der Waals surface area contributed by atoms with Crippen LogP contribution in [0.25, 0.3) is 0 Å². The zero-order valence-corrected chi connectivity index (χ0v) is 14.5. The predicted molar refractivity (Wildman–Crippen MR) is 87.2 cm³/mol. The Morgan fingerprint density at radius 3 is 2.10 bits per heavy atom. The van der Waals surface area contributed by atoms with E-state index >= 15 is 0 Å². The van der Waals surface area contributed by atoms with Gasteiger partial charge in [-0.05, 0) is 43.0 Å². The number of nitrogens with zero attached hydrogens (tertiary/aromatic N) is 1. The number of benzene rings is 1. The molecule has 0 unspecified atom stereocenters. The quantitative estimate of drug-likeness (QED) is 0.784. The molecule has 0 spiro atoms. The van der Waals surface area contributed by atoms with E-state index in [1.165, 1.54) is 0 Å². The Morgan fingerprint density at radius 1 is 1.10 bits per heavy atom. The van der Waals surface area contributed by atoms with Crippen LogP contribution in [0.2, 0.25) is 0 Å². The maximum absolute atomic E-state index is 12.8. The van der Waals surface area contributed by atoms with Crippen molar-refractivity contribution in [1.29, 1.82) is 0 Å². The minimum atomic E-state index is -0.413. The third kappa shape index (κ3) is 2.23. The fraction of sp³-hybridized carbons (Fsp3) is 0.611. The van der Waals surface area contributed by atoms with Crippen LogP contribution in [-0.4, -0.2) is 17.6 Å². The highest BCUT2D eigenvalue weighted by molar-refractivity contribution is 6.01. The topological polar surface area (TPSA) is 40.5 Å². The average Bonchev–Trinajstić information content (AvgIpc) is 2.63. The molecule has 0 saturated carbocycles. The maximum Gasteiger partial charge on any atom is 0.232 e. The first-order valence-electron chi connectivity index (χ1n) is 7.54. The first kappa shape index (κ1) is 15.9. The van der Waals surface area contributed by atoms with E-state index in [0.29, 0.717) is 12.3 Å². The number of carbonyl (C=O) groups is 1. The number of carbonyl (C=O) groups excluding carboxylic acids is 1. The fourth-order valence-corrected chi connectivity index (χ4v) is 3.42. The number of phenols is 1. The van der Waals surface area contributed by atoms with Crippen molar-refractivity contribution in [1.82, 2.24) is 0 Å². The molecule has 1 amide bonds. The molecule has 3 heteroatoms. The molecule has 1 heterocycles. The van der Waals surface area contributed by atoms with Crippen molar-refractivity contribution in [3.63, 3.8) is 0 Å². The molecule has 3 nitrogen and oxygen atoms in total. The largest absolute Gasteiger partial charge is 0.507 e. The van der Waals surface area contributed by atoms with Gasteiger partial charge in [0.05, 0.1) is 5.69 Å². The van der Waals surface area contributed by atoms with Crippen molar-refractivity contribution in [2.75, 3.05) is 11.4 Å². The second-order valence-corrected chi connectivity index (χ2v) is 7.97. The molecule has 2 rings (SSSR count). The molecule has 0 aliphatic carbocycles. The van der Waals surface area contributed by atoms with Crippen molar-refractivity contribution in [3.8, 4) is 5.75 Å².